The van der Waals surface area contributed by atoms with Crippen LogP contribution in [0.4, 0.5) is 5.69 Å². The molecule has 3 heterocycles. The van der Waals surface area contributed by atoms with Gasteiger partial charge in [0.2, 0.25) is 0 Å². The first-order valence-electron chi connectivity index (χ1n) is 8.21. The Morgan fingerprint density at radius 1 is 1.09 bits per heavy atom. The standard InChI is InChI=1S/C18H20ClN3S/c19-15-8-11-23-18(15)17-12-16(20-21-17)13-4-6-14(7-5-13)22-9-2-1-3-10-22/h4-8,11,16,20H,1-3,9-10,12H2. The van der Waals surface area contributed by atoms with E-state index in [0.717, 1.165) is 22.0 Å². The van der Waals surface area contributed by atoms with E-state index in [9.17, 15) is 0 Å². The number of halogens is 1. The zero-order chi connectivity index (χ0) is 15.6. The predicted octanol–water partition coefficient (Wildman–Crippen LogP) is 4.83. The van der Waals surface area contributed by atoms with E-state index < -0.39 is 0 Å². The maximum absolute atomic E-state index is 6.22. The maximum Gasteiger partial charge on any atom is 0.0814 e. The molecule has 1 aromatic carbocycles. The third-order valence-corrected chi connectivity index (χ3v) is 6.04. The maximum atomic E-state index is 6.22. The zero-order valence-corrected chi connectivity index (χ0v) is 14.5. The lowest BCUT2D eigenvalue weighted by Gasteiger charge is -2.29. The summed E-state index contributed by atoms with van der Waals surface area (Å²) in [6.07, 6.45) is 4.88. The van der Waals surface area contributed by atoms with Crippen LogP contribution in [0.3, 0.4) is 0 Å². The minimum absolute atomic E-state index is 0.249. The van der Waals surface area contributed by atoms with Crippen molar-refractivity contribution in [1.82, 2.24) is 5.43 Å². The summed E-state index contributed by atoms with van der Waals surface area (Å²) >= 11 is 7.87. The van der Waals surface area contributed by atoms with Gasteiger partial charge in [0.15, 0.2) is 0 Å². The Balaban J connectivity index is 1.44. The third kappa shape index (κ3) is 3.10. The second-order valence-electron chi connectivity index (χ2n) is 6.18. The molecule has 0 radical (unpaired) electrons. The minimum Gasteiger partial charge on any atom is -0.372 e. The topological polar surface area (TPSA) is 27.6 Å². The number of hydrazone groups is 1. The summed E-state index contributed by atoms with van der Waals surface area (Å²) in [6, 6.07) is 11.1. The van der Waals surface area contributed by atoms with Crippen molar-refractivity contribution in [3.05, 3.63) is 51.2 Å². The average molecular weight is 346 g/mol. The molecule has 1 atom stereocenters. The molecule has 0 saturated carbocycles. The van der Waals surface area contributed by atoms with E-state index in [1.54, 1.807) is 11.3 Å². The lowest BCUT2D eigenvalue weighted by molar-refractivity contribution is 0.577. The molecule has 4 rings (SSSR count). The first-order valence-corrected chi connectivity index (χ1v) is 9.47. The largest absolute Gasteiger partial charge is 0.372 e. The van der Waals surface area contributed by atoms with Gasteiger partial charge in [-0.25, -0.2) is 0 Å². The van der Waals surface area contributed by atoms with Crippen LogP contribution in [-0.2, 0) is 0 Å². The normalized spacial score (nSPS) is 21.2. The van der Waals surface area contributed by atoms with Gasteiger partial charge < -0.3 is 10.3 Å². The Morgan fingerprint density at radius 2 is 1.87 bits per heavy atom. The molecule has 3 nitrogen and oxygen atoms in total. The van der Waals surface area contributed by atoms with Crippen LogP contribution in [0.15, 0.2) is 40.8 Å². The van der Waals surface area contributed by atoms with Crippen LogP contribution in [0, 0.1) is 0 Å². The number of thiophene rings is 1. The molecule has 1 fully saturated rings. The van der Waals surface area contributed by atoms with Crippen LogP contribution in [-0.4, -0.2) is 18.8 Å². The quantitative estimate of drug-likeness (QED) is 0.862. The molecule has 1 unspecified atom stereocenters. The van der Waals surface area contributed by atoms with E-state index in [4.69, 9.17) is 11.6 Å². The number of hydrogen-bond donors (Lipinski definition) is 1. The Bertz CT molecular complexity index is 701. The van der Waals surface area contributed by atoms with Crippen molar-refractivity contribution < 1.29 is 0 Å². The van der Waals surface area contributed by atoms with Gasteiger partial charge in [0.1, 0.15) is 0 Å². The van der Waals surface area contributed by atoms with Crippen LogP contribution < -0.4 is 10.3 Å². The van der Waals surface area contributed by atoms with E-state index in [2.05, 4.69) is 39.7 Å². The minimum atomic E-state index is 0.249. The summed E-state index contributed by atoms with van der Waals surface area (Å²) in [5, 5.41) is 7.31. The first kappa shape index (κ1) is 15.0. The summed E-state index contributed by atoms with van der Waals surface area (Å²) in [5.74, 6) is 0. The fourth-order valence-electron chi connectivity index (χ4n) is 3.35. The van der Waals surface area contributed by atoms with Gasteiger partial charge in [0.05, 0.1) is 21.7 Å². The summed E-state index contributed by atoms with van der Waals surface area (Å²) < 4.78 is 0. The number of anilines is 1. The number of piperidine rings is 1. The van der Waals surface area contributed by atoms with E-state index >= 15 is 0 Å². The first-order chi connectivity index (χ1) is 11.3. The third-order valence-electron chi connectivity index (χ3n) is 4.65. The fourth-order valence-corrected chi connectivity index (χ4v) is 4.51. The van der Waals surface area contributed by atoms with Crippen LogP contribution >= 0.6 is 22.9 Å². The highest BCUT2D eigenvalue weighted by Gasteiger charge is 2.23. The number of benzene rings is 1. The van der Waals surface area contributed by atoms with Gasteiger partial charge in [-0.1, -0.05) is 23.7 Å². The van der Waals surface area contributed by atoms with Gasteiger partial charge in [-0.2, -0.15) is 5.10 Å². The molecule has 23 heavy (non-hydrogen) atoms. The molecule has 1 aromatic heterocycles. The smallest absolute Gasteiger partial charge is 0.0814 e. The average Bonchev–Trinajstić information content (AvgIpc) is 3.24. The van der Waals surface area contributed by atoms with Crippen molar-refractivity contribution in [3.8, 4) is 0 Å². The molecule has 0 aliphatic carbocycles. The summed E-state index contributed by atoms with van der Waals surface area (Å²) in [7, 11) is 0. The van der Waals surface area contributed by atoms with Gasteiger partial charge >= 0.3 is 0 Å². The molecule has 120 valence electrons. The Labute approximate surface area is 146 Å². The molecule has 1 N–H and O–H groups in total. The Hall–Kier alpha value is -1.52. The van der Waals surface area contributed by atoms with Crippen molar-refractivity contribution >= 4 is 34.3 Å². The molecule has 2 aliphatic heterocycles. The molecular weight excluding hydrogens is 326 g/mol. The van der Waals surface area contributed by atoms with Gasteiger partial charge in [-0.05, 0) is 48.4 Å². The van der Waals surface area contributed by atoms with Gasteiger partial charge in [0, 0.05) is 25.2 Å². The Morgan fingerprint density at radius 3 is 2.57 bits per heavy atom. The van der Waals surface area contributed by atoms with Gasteiger partial charge in [0.25, 0.3) is 0 Å². The molecule has 2 aromatic rings. The summed E-state index contributed by atoms with van der Waals surface area (Å²) in [5.41, 5.74) is 6.96. The monoisotopic (exact) mass is 345 g/mol. The lowest BCUT2D eigenvalue weighted by atomic mass is 10.0. The van der Waals surface area contributed by atoms with Crippen molar-refractivity contribution in [2.75, 3.05) is 18.0 Å². The lowest BCUT2D eigenvalue weighted by Crippen LogP contribution is -2.29. The molecule has 1 saturated heterocycles. The van der Waals surface area contributed by atoms with Crippen molar-refractivity contribution in [2.45, 2.75) is 31.7 Å². The van der Waals surface area contributed by atoms with Crippen molar-refractivity contribution in [1.29, 1.82) is 0 Å². The number of nitrogens with zero attached hydrogens (tertiary/aromatic N) is 2. The molecule has 5 heteroatoms. The molecule has 0 spiro atoms. The fraction of sp³-hybridized carbons (Fsp3) is 0.389. The molecule has 0 bridgehead atoms. The summed E-state index contributed by atoms with van der Waals surface area (Å²) in [4.78, 5) is 3.58. The van der Waals surface area contributed by atoms with Crippen molar-refractivity contribution in [3.63, 3.8) is 0 Å². The van der Waals surface area contributed by atoms with Crippen LogP contribution in [0.25, 0.3) is 0 Å². The van der Waals surface area contributed by atoms with Gasteiger partial charge in [-0.3, -0.25) is 0 Å². The summed E-state index contributed by atoms with van der Waals surface area (Å²) in [6.45, 7) is 2.37. The van der Waals surface area contributed by atoms with E-state index in [0.29, 0.717) is 0 Å². The SMILES string of the molecule is Clc1ccsc1C1=NNC(c2ccc(N3CCCCC3)cc2)C1. The number of nitrogens with one attached hydrogen (secondary N) is 1. The van der Waals surface area contributed by atoms with Crippen molar-refractivity contribution in [2.24, 2.45) is 5.10 Å². The van der Waals surface area contributed by atoms with Crippen LogP contribution in [0.2, 0.25) is 5.02 Å². The van der Waals surface area contributed by atoms with E-state index in [-0.39, 0.29) is 6.04 Å². The van der Waals surface area contributed by atoms with E-state index in [1.165, 1.54) is 43.6 Å². The predicted molar refractivity (Wildman–Crippen MR) is 98.9 cm³/mol. The highest BCUT2D eigenvalue weighted by atomic mass is 35.5. The number of rotatable bonds is 3. The second kappa shape index (κ2) is 6.54. The number of hydrogen-bond acceptors (Lipinski definition) is 4. The molecule has 2 aliphatic rings. The zero-order valence-electron chi connectivity index (χ0n) is 13.0. The highest BCUT2D eigenvalue weighted by molar-refractivity contribution is 7.12. The molecule has 0 amide bonds. The van der Waals surface area contributed by atoms with Crippen LogP contribution in [0.5, 0.6) is 0 Å². The second-order valence-corrected chi connectivity index (χ2v) is 7.50. The highest BCUT2D eigenvalue weighted by Crippen LogP contribution is 2.31. The van der Waals surface area contributed by atoms with Gasteiger partial charge in [-0.15, -0.1) is 11.3 Å². The van der Waals surface area contributed by atoms with Crippen LogP contribution in [0.1, 0.15) is 42.2 Å². The van der Waals surface area contributed by atoms with E-state index in [1.807, 2.05) is 11.4 Å². The molecular formula is C18H20ClN3S. The Kier molecular flexibility index (Phi) is 4.27.